The van der Waals surface area contributed by atoms with E-state index in [1.807, 2.05) is 0 Å². The Morgan fingerprint density at radius 2 is 1.81 bits per heavy atom. The predicted octanol–water partition coefficient (Wildman–Crippen LogP) is -0.480. The van der Waals surface area contributed by atoms with Gasteiger partial charge in [0.1, 0.15) is 0 Å². The number of aliphatic carboxylic acids is 1. The SMILES string of the molecule is CNC(=O)NC1CNC1.O=C(O)C(F)(F)F. The Morgan fingerprint density at radius 1 is 1.38 bits per heavy atom. The quantitative estimate of drug-likeness (QED) is 0.500. The van der Waals surface area contributed by atoms with Crippen molar-refractivity contribution in [2.24, 2.45) is 0 Å². The van der Waals surface area contributed by atoms with Gasteiger partial charge < -0.3 is 21.1 Å². The van der Waals surface area contributed by atoms with Crippen LogP contribution in [0.4, 0.5) is 18.0 Å². The number of hydrogen-bond donors (Lipinski definition) is 4. The van der Waals surface area contributed by atoms with Crippen LogP contribution in [-0.4, -0.2) is 49.5 Å². The normalized spacial score (nSPS) is 15.2. The molecular formula is C7H12F3N3O3. The van der Waals surface area contributed by atoms with Crippen LogP contribution in [0.25, 0.3) is 0 Å². The fourth-order valence-electron chi connectivity index (χ4n) is 0.648. The van der Waals surface area contributed by atoms with Gasteiger partial charge in [0.25, 0.3) is 0 Å². The lowest BCUT2D eigenvalue weighted by Crippen LogP contribution is -2.58. The van der Waals surface area contributed by atoms with E-state index in [1.54, 1.807) is 7.05 Å². The van der Waals surface area contributed by atoms with Crippen LogP contribution in [0.5, 0.6) is 0 Å². The van der Waals surface area contributed by atoms with E-state index in [1.165, 1.54) is 0 Å². The first-order chi connectivity index (χ1) is 7.27. The molecule has 0 unspecified atom stereocenters. The molecule has 2 amide bonds. The number of carboxylic acid groups (broad SMARTS) is 1. The third kappa shape index (κ3) is 6.06. The lowest BCUT2D eigenvalue weighted by molar-refractivity contribution is -0.192. The number of urea groups is 1. The maximum atomic E-state index is 10.6. The Labute approximate surface area is 89.2 Å². The predicted molar refractivity (Wildman–Crippen MR) is 47.9 cm³/mol. The van der Waals surface area contributed by atoms with Crippen LogP contribution in [0.3, 0.4) is 0 Å². The van der Waals surface area contributed by atoms with Crippen LogP contribution < -0.4 is 16.0 Å². The molecule has 1 heterocycles. The summed E-state index contributed by atoms with van der Waals surface area (Å²) in [5.41, 5.74) is 0. The van der Waals surface area contributed by atoms with Gasteiger partial charge in [-0.3, -0.25) is 0 Å². The molecule has 0 aliphatic carbocycles. The van der Waals surface area contributed by atoms with Gasteiger partial charge >= 0.3 is 18.2 Å². The fraction of sp³-hybridized carbons (Fsp3) is 0.714. The zero-order chi connectivity index (χ0) is 12.8. The van der Waals surface area contributed by atoms with Gasteiger partial charge in [-0.1, -0.05) is 0 Å². The molecule has 0 aromatic rings. The van der Waals surface area contributed by atoms with E-state index in [-0.39, 0.29) is 6.03 Å². The second-order valence-electron chi connectivity index (χ2n) is 2.88. The Hall–Kier alpha value is -1.51. The van der Waals surface area contributed by atoms with Crippen molar-refractivity contribution in [3.63, 3.8) is 0 Å². The van der Waals surface area contributed by atoms with Crippen LogP contribution in [0.15, 0.2) is 0 Å². The highest BCUT2D eigenvalue weighted by Crippen LogP contribution is 2.13. The average Bonchev–Trinajstić information content (AvgIpc) is 2.10. The van der Waals surface area contributed by atoms with Gasteiger partial charge in [-0.2, -0.15) is 13.2 Å². The number of carbonyl (C=O) groups excluding carboxylic acids is 1. The van der Waals surface area contributed by atoms with Crippen molar-refractivity contribution < 1.29 is 27.9 Å². The summed E-state index contributed by atoms with van der Waals surface area (Å²) >= 11 is 0. The summed E-state index contributed by atoms with van der Waals surface area (Å²) in [7, 11) is 1.61. The van der Waals surface area contributed by atoms with Crippen molar-refractivity contribution in [3.8, 4) is 0 Å². The number of carboxylic acids is 1. The van der Waals surface area contributed by atoms with E-state index in [4.69, 9.17) is 9.90 Å². The molecule has 1 fully saturated rings. The second kappa shape index (κ2) is 6.16. The zero-order valence-corrected chi connectivity index (χ0v) is 8.39. The minimum absolute atomic E-state index is 0.0958. The van der Waals surface area contributed by atoms with Gasteiger partial charge in [-0.15, -0.1) is 0 Å². The van der Waals surface area contributed by atoms with Gasteiger partial charge in [0.2, 0.25) is 0 Å². The molecular weight excluding hydrogens is 231 g/mol. The van der Waals surface area contributed by atoms with E-state index >= 15 is 0 Å². The van der Waals surface area contributed by atoms with E-state index in [0.717, 1.165) is 13.1 Å². The van der Waals surface area contributed by atoms with E-state index in [9.17, 15) is 18.0 Å². The van der Waals surface area contributed by atoms with Crippen LogP contribution in [0, 0.1) is 0 Å². The maximum absolute atomic E-state index is 10.6. The number of amides is 2. The highest BCUT2D eigenvalue weighted by molar-refractivity contribution is 5.74. The number of nitrogens with one attached hydrogen (secondary N) is 3. The molecule has 1 saturated heterocycles. The highest BCUT2D eigenvalue weighted by atomic mass is 19.4. The Kier molecular flexibility index (Phi) is 5.57. The summed E-state index contributed by atoms with van der Waals surface area (Å²) < 4.78 is 31.7. The summed E-state index contributed by atoms with van der Waals surface area (Å²) in [6.07, 6.45) is -5.08. The molecule has 0 radical (unpaired) electrons. The van der Waals surface area contributed by atoms with Crippen molar-refractivity contribution in [1.29, 1.82) is 0 Å². The third-order valence-electron chi connectivity index (χ3n) is 1.59. The van der Waals surface area contributed by atoms with Crippen molar-refractivity contribution in [1.82, 2.24) is 16.0 Å². The Balaban J connectivity index is 0.000000293. The summed E-state index contributed by atoms with van der Waals surface area (Å²) in [6, 6.07) is 0.242. The summed E-state index contributed by atoms with van der Waals surface area (Å²) in [5.74, 6) is -2.76. The van der Waals surface area contributed by atoms with Crippen molar-refractivity contribution in [3.05, 3.63) is 0 Å². The molecule has 9 heteroatoms. The zero-order valence-electron chi connectivity index (χ0n) is 8.39. The first kappa shape index (κ1) is 14.5. The Morgan fingerprint density at radius 3 is 2.00 bits per heavy atom. The van der Waals surface area contributed by atoms with Gasteiger partial charge in [-0.25, -0.2) is 9.59 Å². The number of halogens is 3. The molecule has 0 aromatic heterocycles. The smallest absolute Gasteiger partial charge is 0.475 e. The lowest BCUT2D eigenvalue weighted by Gasteiger charge is -2.27. The first-order valence-electron chi connectivity index (χ1n) is 4.26. The molecule has 94 valence electrons. The molecule has 0 bridgehead atoms. The molecule has 6 nitrogen and oxygen atoms in total. The van der Waals surface area contributed by atoms with E-state index in [0.29, 0.717) is 6.04 Å². The molecule has 0 atom stereocenters. The largest absolute Gasteiger partial charge is 0.490 e. The molecule has 0 saturated carbocycles. The van der Waals surface area contributed by atoms with Crippen molar-refractivity contribution in [2.45, 2.75) is 12.2 Å². The topological polar surface area (TPSA) is 90.5 Å². The molecule has 1 rings (SSSR count). The first-order valence-corrected chi connectivity index (χ1v) is 4.26. The molecule has 1 aliphatic rings. The minimum Gasteiger partial charge on any atom is -0.475 e. The monoisotopic (exact) mass is 243 g/mol. The highest BCUT2D eigenvalue weighted by Gasteiger charge is 2.38. The molecule has 4 N–H and O–H groups in total. The second-order valence-corrected chi connectivity index (χ2v) is 2.88. The summed E-state index contributed by atoms with van der Waals surface area (Å²) in [5, 5.41) is 15.4. The minimum atomic E-state index is -5.08. The van der Waals surface area contributed by atoms with Crippen LogP contribution in [-0.2, 0) is 4.79 Å². The number of hydrogen-bond acceptors (Lipinski definition) is 3. The van der Waals surface area contributed by atoms with Gasteiger partial charge in [0.15, 0.2) is 0 Å². The average molecular weight is 243 g/mol. The maximum Gasteiger partial charge on any atom is 0.490 e. The Bertz CT molecular complexity index is 253. The number of alkyl halides is 3. The van der Waals surface area contributed by atoms with Crippen LogP contribution >= 0.6 is 0 Å². The van der Waals surface area contributed by atoms with Crippen LogP contribution in [0.1, 0.15) is 0 Å². The van der Waals surface area contributed by atoms with Gasteiger partial charge in [0.05, 0.1) is 6.04 Å². The van der Waals surface area contributed by atoms with E-state index in [2.05, 4.69) is 16.0 Å². The van der Waals surface area contributed by atoms with Crippen molar-refractivity contribution >= 4 is 12.0 Å². The molecule has 0 aromatic carbocycles. The standard InChI is InChI=1S/C5H11N3O.C2HF3O2/c1-6-5(9)8-4-2-7-3-4;3-2(4,5)1(6)7/h4,7H,2-3H2,1H3,(H2,6,8,9);(H,6,7). The number of rotatable bonds is 1. The molecule has 16 heavy (non-hydrogen) atoms. The molecule has 0 spiro atoms. The van der Waals surface area contributed by atoms with Crippen LogP contribution in [0.2, 0.25) is 0 Å². The lowest BCUT2D eigenvalue weighted by atomic mass is 10.2. The number of carbonyl (C=O) groups is 2. The van der Waals surface area contributed by atoms with E-state index < -0.39 is 12.1 Å². The molecule has 1 aliphatic heterocycles. The third-order valence-corrected chi connectivity index (χ3v) is 1.59. The van der Waals surface area contributed by atoms with Gasteiger partial charge in [-0.05, 0) is 0 Å². The van der Waals surface area contributed by atoms with Gasteiger partial charge in [0, 0.05) is 20.1 Å². The summed E-state index contributed by atoms with van der Waals surface area (Å²) in [4.78, 5) is 19.5. The van der Waals surface area contributed by atoms with Crippen molar-refractivity contribution in [2.75, 3.05) is 20.1 Å². The summed E-state index contributed by atoms with van der Waals surface area (Å²) in [6.45, 7) is 1.79. The fourth-order valence-corrected chi connectivity index (χ4v) is 0.648.